The van der Waals surface area contributed by atoms with Crippen LogP contribution in [0.3, 0.4) is 0 Å². The predicted molar refractivity (Wildman–Crippen MR) is 79.1 cm³/mol. The second kappa shape index (κ2) is 6.40. The van der Waals surface area contributed by atoms with Gasteiger partial charge < -0.3 is 10.4 Å². The van der Waals surface area contributed by atoms with Gasteiger partial charge in [0.05, 0.1) is 18.1 Å². The second-order valence-corrected chi connectivity index (χ2v) is 6.09. The first-order chi connectivity index (χ1) is 9.66. The predicted octanol–water partition coefficient (Wildman–Crippen LogP) is 2.75. The lowest BCUT2D eigenvalue weighted by Gasteiger charge is -2.29. The topological polar surface area (TPSA) is 90.2 Å². The van der Waals surface area contributed by atoms with Gasteiger partial charge in [-0.25, -0.2) is 4.79 Å². The van der Waals surface area contributed by atoms with E-state index in [1.807, 2.05) is 20.8 Å². The zero-order valence-corrected chi connectivity index (χ0v) is 12.7. The first kappa shape index (κ1) is 16.7. The van der Waals surface area contributed by atoms with Crippen LogP contribution in [0.4, 0.5) is 0 Å². The number of carbonyl (C=O) groups is 2. The molecule has 2 N–H and O–H groups in total. The van der Waals surface area contributed by atoms with Crippen molar-refractivity contribution < 1.29 is 14.7 Å². The van der Waals surface area contributed by atoms with E-state index in [1.165, 1.54) is 6.07 Å². The number of nitrogens with one attached hydrogen (secondary N) is 1. The van der Waals surface area contributed by atoms with E-state index in [1.54, 1.807) is 19.1 Å². The molecule has 1 amide bonds. The van der Waals surface area contributed by atoms with E-state index in [4.69, 9.17) is 10.4 Å². The highest BCUT2D eigenvalue weighted by atomic mass is 16.4. The van der Waals surface area contributed by atoms with Gasteiger partial charge in [0.1, 0.15) is 0 Å². The van der Waals surface area contributed by atoms with Crippen LogP contribution in [0.2, 0.25) is 0 Å². The number of carbonyl (C=O) groups excluding carboxylic acids is 1. The maximum absolute atomic E-state index is 12.2. The van der Waals surface area contributed by atoms with Crippen LogP contribution >= 0.6 is 0 Å². The molecule has 0 aliphatic carbocycles. The quantitative estimate of drug-likeness (QED) is 0.891. The molecule has 0 aliphatic heterocycles. The number of aryl methyl sites for hydroxylation is 1. The van der Waals surface area contributed by atoms with E-state index in [9.17, 15) is 9.59 Å². The second-order valence-electron chi connectivity index (χ2n) is 6.09. The van der Waals surface area contributed by atoms with Gasteiger partial charge in [-0.15, -0.1) is 0 Å². The Balaban J connectivity index is 3.01. The van der Waals surface area contributed by atoms with Gasteiger partial charge in [-0.05, 0) is 30.0 Å². The van der Waals surface area contributed by atoms with Gasteiger partial charge in [-0.3, -0.25) is 4.79 Å². The molecule has 0 saturated carbocycles. The third-order valence-electron chi connectivity index (χ3n) is 3.38. The van der Waals surface area contributed by atoms with Crippen LogP contribution in [0.25, 0.3) is 0 Å². The summed E-state index contributed by atoms with van der Waals surface area (Å²) in [4.78, 5) is 23.4. The number of nitriles is 1. The molecule has 1 rings (SSSR count). The Morgan fingerprint density at radius 2 is 2.00 bits per heavy atom. The highest BCUT2D eigenvalue weighted by Gasteiger charge is 2.26. The number of rotatable bonds is 4. The first-order valence-corrected chi connectivity index (χ1v) is 6.68. The van der Waals surface area contributed by atoms with Gasteiger partial charge in [0.15, 0.2) is 0 Å². The maximum atomic E-state index is 12.2. The number of carboxylic acid groups (broad SMARTS) is 1. The molecule has 5 nitrogen and oxygen atoms in total. The lowest BCUT2D eigenvalue weighted by Crippen LogP contribution is -2.43. The largest absolute Gasteiger partial charge is 0.478 e. The number of benzene rings is 1. The number of hydrogen-bond donors (Lipinski definition) is 2. The van der Waals surface area contributed by atoms with Crippen molar-refractivity contribution in [2.24, 2.45) is 5.41 Å². The summed E-state index contributed by atoms with van der Waals surface area (Å²) in [6.45, 7) is 7.49. The number of aromatic carboxylic acids is 1. The molecule has 0 saturated heterocycles. The summed E-state index contributed by atoms with van der Waals surface area (Å²) in [7, 11) is 0. The van der Waals surface area contributed by atoms with Crippen LogP contribution in [-0.2, 0) is 0 Å². The van der Waals surface area contributed by atoms with E-state index < -0.39 is 5.97 Å². The highest BCUT2D eigenvalue weighted by molar-refractivity contribution is 5.98. The average Bonchev–Trinajstić information content (AvgIpc) is 2.37. The van der Waals surface area contributed by atoms with Gasteiger partial charge in [-0.1, -0.05) is 26.8 Å². The van der Waals surface area contributed by atoms with E-state index in [2.05, 4.69) is 11.4 Å². The zero-order valence-electron chi connectivity index (χ0n) is 12.7. The molecule has 0 fully saturated rings. The Morgan fingerprint density at radius 1 is 1.38 bits per heavy atom. The van der Waals surface area contributed by atoms with E-state index in [0.29, 0.717) is 5.56 Å². The number of carboxylic acids is 1. The molecule has 1 aromatic carbocycles. The summed E-state index contributed by atoms with van der Waals surface area (Å²) in [5.74, 6) is -1.43. The lowest BCUT2D eigenvalue weighted by atomic mass is 9.85. The maximum Gasteiger partial charge on any atom is 0.335 e. The Labute approximate surface area is 124 Å². The van der Waals surface area contributed by atoms with Crippen LogP contribution < -0.4 is 5.32 Å². The Kier molecular flexibility index (Phi) is 5.09. The average molecular weight is 288 g/mol. The van der Waals surface area contributed by atoms with Crippen molar-refractivity contribution in [3.05, 3.63) is 34.9 Å². The Bertz CT molecular complexity index is 595. The summed E-state index contributed by atoms with van der Waals surface area (Å²) < 4.78 is 0. The molecule has 0 bridgehead atoms. The summed E-state index contributed by atoms with van der Waals surface area (Å²) in [5, 5.41) is 20.8. The number of hydrogen-bond acceptors (Lipinski definition) is 3. The molecule has 21 heavy (non-hydrogen) atoms. The molecule has 0 heterocycles. The zero-order chi connectivity index (χ0) is 16.2. The van der Waals surface area contributed by atoms with Gasteiger partial charge >= 0.3 is 5.97 Å². The number of nitrogens with zero attached hydrogens (tertiary/aromatic N) is 1. The molecule has 1 aromatic rings. The molecule has 0 unspecified atom stereocenters. The molecule has 112 valence electrons. The first-order valence-electron chi connectivity index (χ1n) is 6.68. The molecule has 5 heteroatoms. The van der Waals surface area contributed by atoms with Crippen LogP contribution in [0.5, 0.6) is 0 Å². The molecular weight excluding hydrogens is 268 g/mol. The smallest absolute Gasteiger partial charge is 0.335 e. The molecular formula is C16H20N2O3. The van der Waals surface area contributed by atoms with Crippen LogP contribution in [-0.4, -0.2) is 23.0 Å². The molecule has 1 atom stereocenters. The van der Waals surface area contributed by atoms with Gasteiger partial charge in [0.2, 0.25) is 0 Å². The van der Waals surface area contributed by atoms with E-state index in [0.717, 1.165) is 0 Å². The fourth-order valence-electron chi connectivity index (χ4n) is 1.90. The fraction of sp³-hybridized carbons (Fsp3) is 0.438. The summed E-state index contributed by atoms with van der Waals surface area (Å²) in [6, 6.07) is 6.31. The van der Waals surface area contributed by atoms with Gasteiger partial charge in [0, 0.05) is 11.6 Å². The van der Waals surface area contributed by atoms with Crippen molar-refractivity contribution in [1.82, 2.24) is 5.32 Å². The normalized spacial score (nSPS) is 12.3. The van der Waals surface area contributed by atoms with Crippen LogP contribution in [0, 0.1) is 23.7 Å². The molecule has 0 aliphatic rings. The van der Waals surface area contributed by atoms with Crippen molar-refractivity contribution in [3.63, 3.8) is 0 Å². The Morgan fingerprint density at radius 3 is 2.48 bits per heavy atom. The van der Waals surface area contributed by atoms with Crippen molar-refractivity contribution in [2.75, 3.05) is 0 Å². The van der Waals surface area contributed by atoms with Crippen molar-refractivity contribution in [3.8, 4) is 6.07 Å². The van der Waals surface area contributed by atoms with Crippen molar-refractivity contribution >= 4 is 11.9 Å². The van der Waals surface area contributed by atoms with E-state index in [-0.39, 0.29) is 34.9 Å². The standard InChI is InChI=1S/C16H20N2O3/c1-10-5-6-11(9-12(10)15(20)21)14(19)18-13(7-8-17)16(2,3)4/h5-6,9,13H,7H2,1-4H3,(H,18,19)(H,20,21)/t13-/m1/s1. The third-order valence-corrected chi connectivity index (χ3v) is 3.38. The summed E-state index contributed by atoms with van der Waals surface area (Å²) in [5.41, 5.74) is 0.731. The minimum atomic E-state index is -1.06. The summed E-state index contributed by atoms with van der Waals surface area (Å²) >= 11 is 0. The van der Waals surface area contributed by atoms with Crippen LogP contribution in [0.15, 0.2) is 18.2 Å². The van der Waals surface area contributed by atoms with E-state index >= 15 is 0 Å². The lowest BCUT2D eigenvalue weighted by molar-refractivity contribution is 0.0696. The number of amides is 1. The third kappa shape index (κ3) is 4.32. The Hall–Kier alpha value is -2.35. The SMILES string of the molecule is Cc1ccc(C(=O)N[C@H](CC#N)C(C)(C)C)cc1C(=O)O. The minimum Gasteiger partial charge on any atom is -0.478 e. The summed E-state index contributed by atoms with van der Waals surface area (Å²) in [6.07, 6.45) is 0.201. The monoisotopic (exact) mass is 288 g/mol. The molecule has 0 spiro atoms. The molecule has 0 aromatic heterocycles. The van der Waals surface area contributed by atoms with Crippen molar-refractivity contribution in [1.29, 1.82) is 5.26 Å². The highest BCUT2D eigenvalue weighted by Crippen LogP contribution is 2.22. The van der Waals surface area contributed by atoms with Gasteiger partial charge in [0.25, 0.3) is 5.91 Å². The fourth-order valence-corrected chi connectivity index (χ4v) is 1.90. The van der Waals surface area contributed by atoms with Crippen LogP contribution in [0.1, 0.15) is 53.5 Å². The van der Waals surface area contributed by atoms with Gasteiger partial charge in [-0.2, -0.15) is 5.26 Å². The molecule has 0 radical (unpaired) electrons. The minimum absolute atomic E-state index is 0.107. The van der Waals surface area contributed by atoms with Crippen molar-refractivity contribution in [2.45, 2.75) is 40.2 Å².